The SMILES string of the molecule is C[C]1[C](C)[C]([Si](C)(C)NC(=O)C(C)(C)C)[C]2C=CC=C[C]12. The van der Waals surface area contributed by atoms with Crippen LogP contribution in [0, 0.1) is 34.6 Å². The maximum atomic E-state index is 12.4. The smallest absolute Gasteiger partial charge is 0.217 e. The zero-order valence-electron chi connectivity index (χ0n) is 14.2. The fourth-order valence-corrected chi connectivity index (χ4v) is 6.04. The molecule has 0 unspecified atom stereocenters. The number of nitrogens with one attached hydrogen (secondary N) is 1. The lowest BCUT2D eigenvalue weighted by molar-refractivity contribution is -0.126. The van der Waals surface area contributed by atoms with Crippen LogP contribution in [0.3, 0.4) is 0 Å². The van der Waals surface area contributed by atoms with Gasteiger partial charge in [0.2, 0.25) is 5.91 Å². The van der Waals surface area contributed by atoms with Crippen molar-refractivity contribution >= 4 is 14.1 Å². The van der Waals surface area contributed by atoms with Crippen LogP contribution in [-0.2, 0) is 4.79 Å². The fourth-order valence-electron chi connectivity index (χ4n) is 2.96. The Bertz CT molecular complexity index is 472. The van der Waals surface area contributed by atoms with Gasteiger partial charge in [-0.2, -0.15) is 0 Å². The van der Waals surface area contributed by atoms with Crippen LogP contribution in [-0.4, -0.2) is 14.1 Å². The molecule has 0 bridgehead atoms. The zero-order valence-corrected chi connectivity index (χ0v) is 15.2. The van der Waals surface area contributed by atoms with E-state index in [0.717, 1.165) is 0 Å². The van der Waals surface area contributed by atoms with Crippen molar-refractivity contribution in [2.75, 3.05) is 0 Å². The molecule has 0 aromatic heterocycles. The van der Waals surface area contributed by atoms with Crippen LogP contribution in [0.5, 0.6) is 0 Å². The average Bonchev–Trinajstić information content (AvgIpc) is 2.61. The highest BCUT2D eigenvalue weighted by molar-refractivity contribution is 6.84. The van der Waals surface area contributed by atoms with Crippen molar-refractivity contribution in [1.29, 1.82) is 0 Å². The molecule has 0 aromatic rings. The molecule has 0 spiro atoms. The topological polar surface area (TPSA) is 29.1 Å². The number of amides is 1. The van der Waals surface area contributed by atoms with E-state index >= 15 is 0 Å². The highest BCUT2D eigenvalue weighted by Crippen LogP contribution is 2.57. The minimum Gasteiger partial charge on any atom is -0.381 e. The first kappa shape index (κ1) is 16.5. The number of hydrogen-bond acceptors (Lipinski definition) is 1. The van der Waals surface area contributed by atoms with E-state index < -0.39 is 8.24 Å². The van der Waals surface area contributed by atoms with Gasteiger partial charge < -0.3 is 4.98 Å². The molecule has 0 atom stereocenters. The number of hydrogen-bond donors (Lipinski definition) is 1. The summed E-state index contributed by atoms with van der Waals surface area (Å²) in [5.41, 5.74) is 1.02. The standard InChI is InChI=1S/C18H26NOSi/c1-12-13(2)16(15-11-9-8-10-14(12)15)21(6,7)19-17(20)18(3,4)5/h8-11H,1-7H3,(H,19,20). The molecular weight excluding hydrogens is 274 g/mol. The van der Waals surface area contributed by atoms with Gasteiger partial charge in [-0.05, 0) is 11.8 Å². The van der Waals surface area contributed by atoms with E-state index in [1.807, 2.05) is 20.8 Å². The summed E-state index contributed by atoms with van der Waals surface area (Å²) in [5, 5.41) is 0. The van der Waals surface area contributed by atoms with Gasteiger partial charge in [0.25, 0.3) is 0 Å². The van der Waals surface area contributed by atoms with E-state index in [9.17, 15) is 4.79 Å². The minimum absolute atomic E-state index is 0.140. The molecular formula is C18H26NOSi. The maximum Gasteiger partial charge on any atom is 0.217 e. The zero-order chi connectivity index (χ0) is 16.0. The first-order chi connectivity index (χ1) is 9.55. The van der Waals surface area contributed by atoms with Crippen LogP contribution in [0.15, 0.2) is 24.3 Å². The minimum atomic E-state index is -2.04. The van der Waals surface area contributed by atoms with Gasteiger partial charge in [0.05, 0.1) is 0 Å². The summed E-state index contributed by atoms with van der Waals surface area (Å²) in [6, 6.07) is 0. The third-order valence-electron chi connectivity index (χ3n) is 4.27. The van der Waals surface area contributed by atoms with Crippen LogP contribution in [0.4, 0.5) is 0 Å². The Labute approximate surface area is 131 Å². The van der Waals surface area contributed by atoms with E-state index in [1.54, 1.807) is 0 Å². The van der Waals surface area contributed by atoms with E-state index in [1.165, 1.54) is 29.2 Å². The molecule has 1 amide bonds. The van der Waals surface area contributed by atoms with Gasteiger partial charge in [0, 0.05) is 22.8 Å². The molecule has 1 saturated carbocycles. The van der Waals surface area contributed by atoms with Crippen molar-refractivity contribution in [3.63, 3.8) is 0 Å². The van der Waals surface area contributed by atoms with Gasteiger partial charge in [0.15, 0.2) is 8.24 Å². The summed E-state index contributed by atoms with van der Waals surface area (Å²) in [6.07, 6.45) is 8.53. The molecule has 5 radical (unpaired) electrons. The van der Waals surface area contributed by atoms with Gasteiger partial charge in [-0.1, -0.05) is 72.0 Å². The van der Waals surface area contributed by atoms with E-state index in [2.05, 4.69) is 56.2 Å². The average molecular weight is 300 g/mol. The van der Waals surface area contributed by atoms with Crippen molar-refractivity contribution in [2.24, 2.45) is 5.41 Å². The monoisotopic (exact) mass is 300 g/mol. The second-order valence-corrected chi connectivity index (χ2v) is 11.5. The molecule has 0 heterocycles. The fraction of sp³-hybridized carbons (Fsp3) is 0.444. The first-order valence-corrected chi connectivity index (χ1v) is 10.5. The normalized spacial score (nSPS) is 22.8. The van der Waals surface area contributed by atoms with Gasteiger partial charge in [-0.25, -0.2) is 0 Å². The Balaban J connectivity index is 2.25. The van der Waals surface area contributed by atoms with E-state index in [4.69, 9.17) is 0 Å². The van der Waals surface area contributed by atoms with Crippen LogP contribution < -0.4 is 4.98 Å². The van der Waals surface area contributed by atoms with E-state index in [-0.39, 0.29) is 11.3 Å². The van der Waals surface area contributed by atoms with Gasteiger partial charge >= 0.3 is 0 Å². The van der Waals surface area contributed by atoms with Crippen molar-refractivity contribution in [3.8, 4) is 0 Å². The molecule has 2 aliphatic rings. The molecule has 2 rings (SSSR count). The van der Waals surface area contributed by atoms with Crippen LogP contribution in [0.25, 0.3) is 0 Å². The third kappa shape index (κ3) is 3.03. The van der Waals surface area contributed by atoms with Crippen molar-refractivity contribution in [1.82, 2.24) is 4.98 Å². The predicted octanol–water partition coefficient (Wildman–Crippen LogP) is 3.94. The van der Waals surface area contributed by atoms with Gasteiger partial charge in [-0.3, -0.25) is 4.79 Å². The molecule has 21 heavy (non-hydrogen) atoms. The number of carbonyl (C=O) groups is 1. The van der Waals surface area contributed by atoms with Crippen molar-refractivity contribution < 1.29 is 4.79 Å². The maximum absolute atomic E-state index is 12.4. The molecule has 0 saturated heterocycles. The van der Waals surface area contributed by atoms with Crippen LogP contribution in [0.2, 0.25) is 13.1 Å². The lowest BCUT2D eigenvalue weighted by Gasteiger charge is -2.37. The Morgan fingerprint density at radius 3 is 2.05 bits per heavy atom. The van der Waals surface area contributed by atoms with Gasteiger partial charge in [-0.15, -0.1) is 0 Å². The largest absolute Gasteiger partial charge is 0.381 e. The molecule has 3 heteroatoms. The summed E-state index contributed by atoms with van der Waals surface area (Å²) >= 11 is 0. The second-order valence-electron chi connectivity index (χ2n) is 7.50. The van der Waals surface area contributed by atoms with E-state index in [0.29, 0.717) is 0 Å². The number of allylic oxidation sites excluding steroid dienone is 4. The lowest BCUT2D eigenvalue weighted by atomic mass is 9.86. The molecule has 0 aliphatic heterocycles. The van der Waals surface area contributed by atoms with Crippen LogP contribution in [0.1, 0.15) is 34.6 Å². The molecule has 1 N–H and O–H groups in total. The third-order valence-corrected chi connectivity index (χ3v) is 7.02. The Morgan fingerprint density at radius 1 is 1.00 bits per heavy atom. The molecule has 2 nitrogen and oxygen atoms in total. The summed E-state index contributed by atoms with van der Waals surface area (Å²) in [4.78, 5) is 15.8. The summed E-state index contributed by atoms with van der Waals surface area (Å²) in [5.74, 6) is 5.43. The van der Waals surface area contributed by atoms with Gasteiger partial charge in [0.1, 0.15) is 0 Å². The quantitative estimate of drug-likeness (QED) is 0.769. The lowest BCUT2D eigenvalue weighted by Crippen LogP contribution is -2.57. The van der Waals surface area contributed by atoms with Crippen molar-refractivity contribution in [2.45, 2.75) is 47.7 Å². The molecule has 0 aromatic carbocycles. The first-order valence-electron chi connectivity index (χ1n) is 7.53. The molecule has 113 valence electrons. The molecule has 2 aliphatic carbocycles. The number of rotatable bonds is 2. The van der Waals surface area contributed by atoms with Crippen molar-refractivity contribution in [3.05, 3.63) is 53.5 Å². The summed E-state index contributed by atoms with van der Waals surface area (Å²) in [7, 11) is -2.04. The summed E-state index contributed by atoms with van der Waals surface area (Å²) < 4.78 is 0. The predicted molar refractivity (Wildman–Crippen MR) is 90.9 cm³/mol. The van der Waals surface area contributed by atoms with Crippen LogP contribution >= 0.6 is 0 Å². The second kappa shape index (κ2) is 5.42. The highest BCUT2D eigenvalue weighted by atomic mass is 28.3. The highest BCUT2D eigenvalue weighted by Gasteiger charge is 2.54. The Morgan fingerprint density at radius 2 is 1.52 bits per heavy atom. The Kier molecular flexibility index (Phi) is 4.27. The summed E-state index contributed by atoms with van der Waals surface area (Å²) in [6.45, 7) is 14.7. The number of fused-ring (bicyclic) bond motifs is 1. The molecule has 1 fully saturated rings. The number of carbonyl (C=O) groups excluding carboxylic acids is 1. The Hall–Kier alpha value is -0.833.